The van der Waals surface area contributed by atoms with Crippen LogP contribution in [0.25, 0.3) is 0 Å². The van der Waals surface area contributed by atoms with Gasteiger partial charge in [-0.15, -0.1) is 0 Å². The Bertz CT molecular complexity index is 534. The van der Waals surface area contributed by atoms with Crippen LogP contribution in [-0.4, -0.2) is 11.5 Å². The summed E-state index contributed by atoms with van der Waals surface area (Å²) in [5.74, 6) is 0. The minimum absolute atomic E-state index is 0.591. The number of nitrogens with two attached hydrogens (primary N) is 1. The van der Waals surface area contributed by atoms with E-state index < -0.39 is 0 Å². The van der Waals surface area contributed by atoms with E-state index in [-0.39, 0.29) is 0 Å². The molecule has 1 aromatic heterocycles. The van der Waals surface area contributed by atoms with Gasteiger partial charge in [-0.1, -0.05) is 25.1 Å². The first-order valence-corrected chi connectivity index (χ1v) is 7.19. The highest BCUT2D eigenvalue weighted by atomic mass is 15.1. The molecule has 0 aliphatic carbocycles. The molecule has 0 atom stereocenters. The van der Waals surface area contributed by atoms with Gasteiger partial charge in [0.2, 0.25) is 0 Å². The minimum Gasteiger partial charge on any atom is -0.366 e. The van der Waals surface area contributed by atoms with E-state index in [2.05, 4.69) is 53.2 Å². The van der Waals surface area contributed by atoms with Crippen molar-refractivity contribution in [3.8, 4) is 0 Å². The van der Waals surface area contributed by atoms with Crippen molar-refractivity contribution in [2.75, 3.05) is 11.4 Å². The second-order valence-corrected chi connectivity index (χ2v) is 5.06. The summed E-state index contributed by atoms with van der Waals surface area (Å²) in [5, 5.41) is 0. The van der Waals surface area contributed by atoms with E-state index in [1.54, 1.807) is 0 Å². The maximum absolute atomic E-state index is 5.65. The Morgan fingerprint density at radius 3 is 2.45 bits per heavy atom. The molecule has 0 saturated heterocycles. The molecule has 0 bridgehead atoms. The number of aryl methyl sites for hydroxylation is 1. The summed E-state index contributed by atoms with van der Waals surface area (Å²) in [5.41, 5.74) is 10.2. The summed E-state index contributed by atoms with van der Waals surface area (Å²) in [7, 11) is 0. The molecular weight excluding hydrogens is 246 g/mol. The zero-order chi connectivity index (χ0) is 14.4. The van der Waals surface area contributed by atoms with Gasteiger partial charge >= 0.3 is 0 Å². The Labute approximate surface area is 121 Å². The first-order valence-electron chi connectivity index (χ1n) is 7.19. The fourth-order valence-corrected chi connectivity index (χ4v) is 2.30. The molecule has 20 heavy (non-hydrogen) atoms. The zero-order valence-electron chi connectivity index (χ0n) is 12.3. The number of aromatic nitrogens is 1. The summed E-state index contributed by atoms with van der Waals surface area (Å²) in [6, 6.07) is 14.7. The smallest absolute Gasteiger partial charge is 0.0602 e. The highest BCUT2D eigenvalue weighted by molar-refractivity contribution is 5.47. The standard InChI is InChI=1S/C17H23N3/c1-3-11-20(13-16-6-4-5-14(2)19-16)17-9-7-15(12-18)8-10-17/h4-10H,3,11-13,18H2,1-2H3. The lowest BCUT2D eigenvalue weighted by molar-refractivity contribution is 0.751. The van der Waals surface area contributed by atoms with Crippen molar-refractivity contribution < 1.29 is 0 Å². The van der Waals surface area contributed by atoms with Gasteiger partial charge in [0.05, 0.1) is 12.2 Å². The Hall–Kier alpha value is -1.87. The molecule has 0 radical (unpaired) electrons. The predicted molar refractivity (Wildman–Crippen MR) is 84.6 cm³/mol. The number of pyridine rings is 1. The lowest BCUT2D eigenvalue weighted by Crippen LogP contribution is -2.24. The van der Waals surface area contributed by atoms with Crippen LogP contribution in [0.15, 0.2) is 42.5 Å². The third-order valence-corrected chi connectivity index (χ3v) is 3.33. The molecule has 0 fully saturated rings. The monoisotopic (exact) mass is 269 g/mol. The number of anilines is 1. The van der Waals surface area contributed by atoms with Crippen LogP contribution in [0.4, 0.5) is 5.69 Å². The average molecular weight is 269 g/mol. The molecule has 0 aliphatic rings. The van der Waals surface area contributed by atoms with Crippen molar-refractivity contribution >= 4 is 5.69 Å². The SMILES string of the molecule is CCCN(Cc1cccc(C)n1)c1ccc(CN)cc1. The fourth-order valence-electron chi connectivity index (χ4n) is 2.30. The maximum atomic E-state index is 5.65. The summed E-state index contributed by atoms with van der Waals surface area (Å²) >= 11 is 0. The predicted octanol–water partition coefficient (Wildman–Crippen LogP) is 3.27. The first-order chi connectivity index (χ1) is 9.72. The molecule has 0 saturated carbocycles. The van der Waals surface area contributed by atoms with Gasteiger partial charge in [0.25, 0.3) is 0 Å². The van der Waals surface area contributed by atoms with E-state index in [1.165, 1.54) is 11.3 Å². The van der Waals surface area contributed by atoms with Crippen molar-refractivity contribution in [2.24, 2.45) is 5.73 Å². The van der Waals surface area contributed by atoms with Gasteiger partial charge in [0.15, 0.2) is 0 Å². The van der Waals surface area contributed by atoms with Crippen molar-refractivity contribution in [1.82, 2.24) is 4.98 Å². The van der Waals surface area contributed by atoms with Crippen molar-refractivity contribution in [2.45, 2.75) is 33.4 Å². The Balaban J connectivity index is 2.17. The Kier molecular flexibility index (Phi) is 5.13. The van der Waals surface area contributed by atoms with E-state index in [0.29, 0.717) is 6.54 Å². The van der Waals surface area contributed by atoms with Gasteiger partial charge in [-0.25, -0.2) is 0 Å². The van der Waals surface area contributed by atoms with Crippen LogP contribution < -0.4 is 10.6 Å². The van der Waals surface area contributed by atoms with Crippen molar-refractivity contribution in [3.63, 3.8) is 0 Å². The first kappa shape index (κ1) is 14.5. The molecular formula is C17H23N3. The van der Waals surface area contributed by atoms with Gasteiger partial charge in [-0.05, 0) is 43.2 Å². The molecule has 0 unspecified atom stereocenters. The molecule has 106 valence electrons. The largest absolute Gasteiger partial charge is 0.366 e. The highest BCUT2D eigenvalue weighted by Gasteiger charge is 2.07. The second kappa shape index (κ2) is 7.06. The molecule has 2 rings (SSSR count). The fraction of sp³-hybridized carbons (Fsp3) is 0.353. The summed E-state index contributed by atoms with van der Waals surface area (Å²) in [4.78, 5) is 6.96. The number of hydrogen-bond acceptors (Lipinski definition) is 3. The summed E-state index contributed by atoms with van der Waals surface area (Å²) in [6.45, 7) is 6.69. The van der Waals surface area contributed by atoms with Gasteiger partial charge in [0.1, 0.15) is 0 Å². The van der Waals surface area contributed by atoms with Gasteiger partial charge in [-0.2, -0.15) is 0 Å². The number of benzene rings is 1. The van der Waals surface area contributed by atoms with Gasteiger partial charge in [0, 0.05) is 24.5 Å². The van der Waals surface area contributed by atoms with Crippen LogP contribution >= 0.6 is 0 Å². The molecule has 2 aromatic rings. The third-order valence-electron chi connectivity index (χ3n) is 3.33. The molecule has 3 heteroatoms. The second-order valence-electron chi connectivity index (χ2n) is 5.06. The van der Waals surface area contributed by atoms with Crippen LogP contribution in [0.3, 0.4) is 0 Å². The zero-order valence-corrected chi connectivity index (χ0v) is 12.3. The lowest BCUT2D eigenvalue weighted by Gasteiger charge is -2.24. The summed E-state index contributed by atoms with van der Waals surface area (Å²) < 4.78 is 0. The highest BCUT2D eigenvalue weighted by Crippen LogP contribution is 2.18. The maximum Gasteiger partial charge on any atom is 0.0602 e. The average Bonchev–Trinajstić information content (AvgIpc) is 2.47. The third kappa shape index (κ3) is 3.81. The van der Waals surface area contributed by atoms with Crippen LogP contribution in [0.1, 0.15) is 30.3 Å². The molecule has 2 N–H and O–H groups in total. The van der Waals surface area contributed by atoms with Crippen LogP contribution in [0.5, 0.6) is 0 Å². The summed E-state index contributed by atoms with van der Waals surface area (Å²) in [6.07, 6.45) is 1.12. The lowest BCUT2D eigenvalue weighted by atomic mass is 10.2. The molecule has 0 aliphatic heterocycles. The number of rotatable bonds is 6. The van der Waals surface area contributed by atoms with Crippen molar-refractivity contribution in [3.05, 3.63) is 59.4 Å². The van der Waals surface area contributed by atoms with E-state index in [1.807, 2.05) is 13.0 Å². The van der Waals surface area contributed by atoms with E-state index in [4.69, 9.17) is 5.73 Å². The van der Waals surface area contributed by atoms with Gasteiger partial charge in [-0.3, -0.25) is 4.98 Å². The molecule has 0 spiro atoms. The topological polar surface area (TPSA) is 42.2 Å². The van der Waals surface area contributed by atoms with E-state index in [0.717, 1.165) is 30.9 Å². The van der Waals surface area contributed by atoms with Crippen molar-refractivity contribution in [1.29, 1.82) is 0 Å². The van der Waals surface area contributed by atoms with Crippen LogP contribution in [-0.2, 0) is 13.1 Å². The molecule has 3 nitrogen and oxygen atoms in total. The Morgan fingerprint density at radius 2 is 1.85 bits per heavy atom. The number of nitrogens with zero attached hydrogens (tertiary/aromatic N) is 2. The number of hydrogen-bond donors (Lipinski definition) is 1. The van der Waals surface area contributed by atoms with E-state index >= 15 is 0 Å². The van der Waals surface area contributed by atoms with Crippen LogP contribution in [0.2, 0.25) is 0 Å². The van der Waals surface area contributed by atoms with Crippen LogP contribution in [0, 0.1) is 6.92 Å². The van der Waals surface area contributed by atoms with E-state index in [9.17, 15) is 0 Å². The normalized spacial score (nSPS) is 10.6. The molecule has 0 amide bonds. The molecule has 1 heterocycles. The minimum atomic E-state index is 0.591. The van der Waals surface area contributed by atoms with Gasteiger partial charge < -0.3 is 10.6 Å². The quantitative estimate of drug-likeness (QED) is 0.875. The Morgan fingerprint density at radius 1 is 1.10 bits per heavy atom. The molecule has 1 aromatic carbocycles.